The zero-order chi connectivity index (χ0) is 17.4. The zero-order valence-electron chi connectivity index (χ0n) is 14.6. The van der Waals surface area contributed by atoms with Crippen molar-refractivity contribution in [1.29, 1.82) is 0 Å². The van der Waals surface area contributed by atoms with E-state index in [0.29, 0.717) is 18.9 Å². The topological polar surface area (TPSA) is 38.3 Å². The lowest BCUT2D eigenvalue weighted by Crippen LogP contribution is -2.29. The van der Waals surface area contributed by atoms with Crippen LogP contribution >= 0.6 is 11.8 Å². The van der Waals surface area contributed by atoms with Gasteiger partial charge in [-0.25, -0.2) is 0 Å². The predicted octanol–water partition coefficient (Wildman–Crippen LogP) is 4.04. The van der Waals surface area contributed by atoms with Crippen LogP contribution in [0.4, 0.5) is 0 Å². The summed E-state index contributed by atoms with van der Waals surface area (Å²) in [5, 5.41) is 2.89. The van der Waals surface area contributed by atoms with E-state index in [2.05, 4.69) is 50.4 Å². The van der Waals surface area contributed by atoms with E-state index in [0.717, 1.165) is 11.5 Å². The maximum absolute atomic E-state index is 11.8. The molecule has 0 saturated heterocycles. The highest BCUT2D eigenvalue weighted by molar-refractivity contribution is 7.99. The average molecular weight is 343 g/mol. The lowest BCUT2D eigenvalue weighted by molar-refractivity contribution is -0.118. The smallest absolute Gasteiger partial charge is 0.230 e. The Bertz CT molecular complexity index is 668. The Morgan fingerprint density at radius 3 is 2.50 bits per heavy atom. The summed E-state index contributed by atoms with van der Waals surface area (Å²) in [7, 11) is 0. The quantitative estimate of drug-likeness (QED) is 0.735. The maximum Gasteiger partial charge on any atom is 0.230 e. The number of rotatable bonds is 8. The lowest BCUT2D eigenvalue weighted by atomic mass is 10.1. The van der Waals surface area contributed by atoms with Gasteiger partial charge in [0, 0.05) is 5.75 Å². The summed E-state index contributed by atoms with van der Waals surface area (Å²) in [6.07, 6.45) is 0. The highest BCUT2D eigenvalue weighted by atomic mass is 32.2. The molecule has 2 rings (SSSR count). The number of ether oxygens (including phenoxy) is 1. The molecule has 0 aliphatic rings. The average Bonchev–Trinajstić information content (AvgIpc) is 2.56. The molecule has 0 radical (unpaired) electrons. The van der Waals surface area contributed by atoms with Gasteiger partial charge in [-0.1, -0.05) is 35.9 Å². The summed E-state index contributed by atoms with van der Waals surface area (Å²) in [4.78, 5) is 11.8. The van der Waals surface area contributed by atoms with Gasteiger partial charge in [-0.2, -0.15) is 0 Å². The van der Waals surface area contributed by atoms with Crippen molar-refractivity contribution >= 4 is 17.7 Å². The number of benzene rings is 2. The molecule has 2 aromatic rings. The second kappa shape index (κ2) is 9.38. The Labute approximate surface area is 148 Å². The molecule has 2 aromatic carbocycles. The molecule has 0 fully saturated rings. The summed E-state index contributed by atoms with van der Waals surface area (Å²) in [6, 6.07) is 14.4. The zero-order valence-corrected chi connectivity index (χ0v) is 15.4. The minimum atomic E-state index is 0.0517. The predicted molar refractivity (Wildman–Crippen MR) is 102 cm³/mol. The molecule has 0 heterocycles. The van der Waals surface area contributed by atoms with Crippen molar-refractivity contribution in [3.63, 3.8) is 0 Å². The minimum Gasteiger partial charge on any atom is -0.492 e. The summed E-state index contributed by atoms with van der Waals surface area (Å²) in [5.41, 5.74) is 4.96. The van der Waals surface area contributed by atoms with Crippen molar-refractivity contribution in [3.8, 4) is 5.75 Å². The highest BCUT2D eigenvalue weighted by Crippen LogP contribution is 2.16. The van der Waals surface area contributed by atoms with Crippen molar-refractivity contribution in [2.45, 2.75) is 26.5 Å². The fraction of sp³-hybridized carbons (Fsp3) is 0.350. The number of carbonyl (C=O) groups is 1. The number of carbonyl (C=O) groups excluding carboxylic acids is 1. The van der Waals surface area contributed by atoms with Crippen molar-refractivity contribution in [1.82, 2.24) is 5.32 Å². The molecule has 0 aliphatic carbocycles. The van der Waals surface area contributed by atoms with Crippen molar-refractivity contribution in [2.75, 3.05) is 18.9 Å². The monoisotopic (exact) mass is 343 g/mol. The SMILES string of the molecule is Cc1ccc(CSCC(=O)NCCOc2ccc(C)c(C)c2)cc1. The van der Waals surface area contributed by atoms with Gasteiger partial charge < -0.3 is 10.1 Å². The van der Waals surface area contributed by atoms with E-state index >= 15 is 0 Å². The number of amides is 1. The van der Waals surface area contributed by atoms with E-state index in [-0.39, 0.29) is 5.91 Å². The van der Waals surface area contributed by atoms with Crippen LogP contribution in [-0.4, -0.2) is 24.8 Å². The third-order valence-corrected chi connectivity index (χ3v) is 4.80. The van der Waals surface area contributed by atoms with Gasteiger partial charge in [-0.05, 0) is 49.6 Å². The maximum atomic E-state index is 11.8. The van der Waals surface area contributed by atoms with Crippen molar-refractivity contribution in [2.24, 2.45) is 0 Å². The summed E-state index contributed by atoms with van der Waals surface area (Å²) in [6.45, 7) is 7.22. The van der Waals surface area contributed by atoms with Gasteiger partial charge in [0.05, 0.1) is 12.3 Å². The van der Waals surface area contributed by atoms with Crippen LogP contribution in [0.15, 0.2) is 42.5 Å². The molecule has 24 heavy (non-hydrogen) atoms. The van der Waals surface area contributed by atoms with Crippen LogP contribution in [0.2, 0.25) is 0 Å². The largest absolute Gasteiger partial charge is 0.492 e. The molecule has 4 heteroatoms. The second-order valence-electron chi connectivity index (χ2n) is 5.92. The van der Waals surface area contributed by atoms with E-state index < -0.39 is 0 Å². The first kappa shape index (κ1) is 18.4. The van der Waals surface area contributed by atoms with Gasteiger partial charge >= 0.3 is 0 Å². The molecule has 0 spiro atoms. The molecule has 3 nitrogen and oxygen atoms in total. The molecule has 0 unspecified atom stereocenters. The summed E-state index contributed by atoms with van der Waals surface area (Å²) in [5.74, 6) is 2.22. The highest BCUT2D eigenvalue weighted by Gasteiger charge is 2.02. The molecule has 0 saturated carbocycles. The Kier molecular flexibility index (Phi) is 7.19. The summed E-state index contributed by atoms with van der Waals surface area (Å²) >= 11 is 1.63. The van der Waals surface area contributed by atoms with Crippen LogP contribution in [0.3, 0.4) is 0 Å². The lowest BCUT2D eigenvalue weighted by Gasteiger charge is -2.09. The van der Waals surface area contributed by atoms with Crippen LogP contribution in [0.5, 0.6) is 5.75 Å². The number of thioether (sulfide) groups is 1. The Hall–Kier alpha value is -1.94. The Morgan fingerprint density at radius 2 is 1.79 bits per heavy atom. The van der Waals surface area contributed by atoms with E-state index in [1.165, 1.54) is 22.3 Å². The molecule has 1 amide bonds. The number of hydrogen-bond acceptors (Lipinski definition) is 3. The van der Waals surface area contributed by atoms with Gasteiger partial charge in [0.25, 0.3) is 0 Å². The van der Waals surface area contributed by atoms with Crippen molar-refractivity contribution in [3.05, 3.63) is 64.7 Å². The number of hydrogen-bond donors (Lipinski definition) is 1. The molecule has 1 N–H and O–H groups in total. The number of nitrogens with one attached hydrogen (secondary N) is 1. The molecule has 0 bridgehead atoms. The van der Waals surface area contributed by atoms with E-state index in [1.54, 1.807) is 11.8 Å². The normalized spacial score (nSPS) is 10.5. The van der Waals surface area contributed by atoms with Gasteiger partial charge in [-0.3, -0.25) is 4.79 Å². The van der Waals surface area contributed by atoms with Gasteiger partial charge in [-0.15, -0.1) is 11.8 Å². The second-order valence-corrected chi connectivity index (χ2v) is 6.91. The fourth-order valence-electron chi connectivity index (χ4n) is 2.16. The Balaban J connectivity index is 1.59. The molecule has 0 aromatic heterocycles. The molecular weight excluding hydrogens is 318 g/mol. The number of aryl methyl sites for hydroxylation is 3. The van der Waals surface area contributed by atoms with Gasteiger partial charge in [0.15, 0.2) is 0 Å². The van der Waals surface area contributed by atoms with Crippen molar-refractivity contribution < 1.29 is 9.53 Å². The van der Waals surface area contributed by atoms with E-state index in [9.17, 15) is 4.79 Å². The third kappa shape index (κ3) is 6.28. The van der Waals surface area contributed by atoms with Crippen LogP contribution in [0.1, 0.15) is 22.3 Å². The third-order valence-electron chi connectivity index (χ3n) is 3.79. The van der Waals surface area contributed by atoms with Gasteiger partial charge in [0.1, 0.15) is 12.4 Å². The van der Waals surface area contributed by atoms with Crippen LogP contribution in [-0.2, 0) is 10.5 Å². The first-order valence-corrected chi connectivity index (χ1v) is 9.30. The van der Waals surface area contributed by atoms with Crippen LogP contribution in [0.25, 0.3) is 0 Å². The van der Waals surface area contributed by atoms with Gasteiger partial charge in [0.2, 0.25) is 5.91 Å². The van der Waals surface area contributed by atoms with Crippen LogP contribution in [0, 0.1) is 20.8 Å². The molecule has 0 aliphatic heterocycles. The minimum absolute atomic E-state index is 0.0517. The van der Waals surface area contributed by atoms with E-state index in [1.807, 2.05) is 18.2 Å². The summed E-state index contributed by atoms with van der Waals surface area (Å²) < 4.78 is 5.66. The first-order chi connectivity index (χ1) is 11.5. The van der Waals surface area contributed by atoms with Crippen LogP contribution < -0.4 is 10.1 Å². The molecule has 128 valence electrons. The first-order valence-electron chi connectivity index (χ1n) is 8.14. The molecular formula is C20H25NO2S. The standard InChI is InChI=1S/C20H25NO2S/c1-15-4-7-18(8-5-15)13-24-14-20(22)21-10-11-23-19-9-6-16(2)17(3)12-19/h4-9,12H,10-11,13-14H2,1-3H3,(H,21,22). The fourth-order valence-corrected chi connectivity index (χ4v) is 2.98. The van der Waals surface area contributed by atoms with E-state index in [4.69, 9.17) is 4.74 Å². The molecule has 0 atom stereocenters. The Morgan fingerprint density at radius 1 is 1.04 bits per heavy atom.